The number of nitrogens with zero attached hydrogens (tertiary/aromatic N) is 4. The highest BCUT2D eigenvalue weighted by atomic mass is 32.2. The second-order valence-electron chi connectivity index (χ2n) is 8.64. The molecule has 1 amide bonds. The lowest BCUT2D eigenvalue weighted by atomic mass is 9.80. The van der Waals surface area contributed by atoms with E-state index in [9.17, 15) is 13.2 Å². The molecule has 1 aromatic rings. The van der Waals surface area contributed by atoms with E-state index in [1.165, 1.54) is 0 Å². The molecule has 3 atom stereocenters. The van der Waals surface area contributed by atoms with Crippen LogP contribution in [0.3, 0.4) is 0 Å². The van der Waals surface area contributed by atoms with Crippen LogP contribution < -0.4 is 4.72 Å². The third-order valence-corrected chi connectivity index (χ3v) is 8.11. The predicted molar refractivity (Wildman–Crippen MR) is 108 cm³/mol. The second-order valence-corrected chi connectivity index (χ2v) is 10.7. The average Bonchev–Trinajstić information content (AvgIpc) is 3.39. The van der Waals surface area contributed by atoms with Crippen LogP contribution in [0.15, 0.2) is 4.52 Å². The van der Waals surface area contributed by atoms with Gasteiger partial charge in [0, 0.05) is 45.2 Å². The van der Waals surface area contributed by atoms with Crippen molar-refractivity contribution < 1.29 is 22.5 Å². The Kier molecular flexibility index (Phi) is 6.16. The van der Waals surface area contributed by atoms with E-state index in [1.807, 2.05) is 4.90 Å². The zero-order valence-electron chi connectivity index (χ0n) is 17.7. The van der Waals surface area contributed by atoms with Crippen molar-refractivity contribution >= 4 is 15.9 Å². The van der Waals surface area contributed by atoms with Gasteiger partial charge in [-0.15, -0.1) is 0 Å². The van der Waals surface area contributed by atoms with E-state index in [0.717, 1.165) is 19.6 Å². The summed E-state index contributed by atoms with van der Waals surface area (Å²) in [6.45, 7) is 8.37. The van der Waals surface area contributed by atoms with Gasteiger partial charge < -0.3 is 14.2 Å². The van der Waals surface area contributed by atoms with E-state index in [-0.39, 0.29) is 23.6 Å². The molecular formula is C19H31N5O5S. The van der Waals surface area contributed by atoms with Crippen LogP contribution in [0, 0.1) is 12.8 Å². The Bertz CT molecular complexity index is 868. The number of hydrogen-bond donors (Lipinski definition) is 1. The fourth-order valence-electron chi connectivity index (χ4n) is 5.06. The lowest BCUT2D eigenvalue weighted by molar-refractivity contribution is -0.131. The van der Waals surface area contributed by atoms with Gasteiger partial charge in [-0.1, -0.05) is 5.16 Å². The van der Waals surface area contributed by atoms with Crippen LogP contribution in [0.1, 0.15) is 37.9 Å². The number of aryl methyl sites for hydroxylation is 1. The summed E-state index contributed by atoms with van der Waals surface area (Å²) >= 11 is 0. The Morgan fingerprint density at radius 2 is 2.10 bits per heavy atom. The Morgan fingerprint density at radius 3 is 2.77 bits per heavy atom. The monoisotopic (exact) mass is 441 g/mol. The normalized spacial score (nSPS) is 30.0. The third kappa shape index (κ3) is 4.39. The maximum Gasteiger partial charge on any atom is 0.235 e. The van der Waals surface area contributed by atoms with Crippen LogP contribution in [0.2, 0.25) is 0 Å². The second kappa shape index (κ2) is 8.52. The fraction of sp³-hybridized carbons (Fsp3) is 0.842. The summed E-state index contributed by atoms with van der Waals surface area (Å²) in [5, 5.41) is 3.95. The van der Waals surface area contributed by atoms with Crippen LogP contribution in [0.5, 0.6) is 0 Å². The van der Waals surface area contributed by atoms with E-state index >= 15 is 0 Å². The largest absolute Gasteiger partial charge is 0.379 e. The van der Waals surface area contributed by atoms with Gasteiger partial charge >= 0.3 is 0 Å². The van der Waals surface area contributed by atoms with Gasteiger partial charge in [0.2, 0.25) is 21.8 Å². The molecule has 0 unspecified atom stereocenters. The van der Waals surface area contributed by atoms with Gasteiger partial charge in [0.05, 0.1) is 24.4 Å². The van der Waals surface area contributed by atoms with Gasteiger partial charge in [0.25, 0.3) is 0 Å². The van der Waals surface area contributed by atoms with Crippen LogP contribution in [-0.2, 0) is 25.0 Å². The van der Waals surface area contributed by atoms with Crippen molar-refractivity contribution in [3.05, 3.63) is 11.7 Å². The maximum atomic E-state index is 12.9. The average molecular weight is 442 g/mol. The summed E-state index contributed by atoms with van der Waals surface area (Å²) in [5.74, 6) is 1.33. The molecule has 3 fully saturated rings. The smallest absolute Gasteiger partial charge is 0.235 e. The first-order valence-electron chi connectivity index (χ1n) is 10.7. The quantitative estimate of drug-likeness (QED) is 0.623. The highest BCUT2D eigenvalue weighted by molar-refractivity contribution is 7.89. The number of morpholine rings is 1. The first kappa shape index (κ1) is 21.7. The van der Waals surface area contributed by atoms with Crippen LogP contribution in [-0.4, -0.2) is 92.0 Å². The molecule has 2 saturated heterocycles. The van der Waals surface area contributed by atoms with E-state index in [1.54, 1.807) is 13.8 Å². The van der Waals surface area contributed by atoms with Crippen molar-refractivity contribution in [2.24, 2.45) is 5.92 Å². The van der Waals surface area contributed by atoms with Gasteiger partial charge in [-0.3, -0.25) is 9.69 Å². The number of rotatable bonds is 7. The molecule has 168 valence electrons. The number of carbonyl (C=O) groups is 1. The molecule has 3 heterocycles. The Morgan fingerprint density at radius 1 is 1.33 bits per heavy atom. The summed E-state index contributed by atoms with van der Waals surface area (Å²) in [6.07, 6.45) is 1.69. The molecule has 10 nitrogen and oxygen atoms in total. The van der Waals surface area contributed by atoms with Gasteiger partial charge in [0.1, 0.15) is 0 Å². The SMILES string of the molecule is CCS(=O)(=O)N[C@@H]1C[C@H]2CN(C(=O)CCN3CCOCC3)C[C@@]2(c2nc(C)no2)C1. The third-order valence-electron chi connectivity index (χ3n) is 6.65. The van der Waals surface area contributed by atoms with Crippen molar-refractivity contribution in [3.8, 4) is 0 Å². The molecule has 2 aliphatic heterocycles. The number of hydrogen-bond acceptors (Lipinski definition) is 8. The number of nitrogens with one attached hydrogen (secondary N) is 1. The molecule has 4 rings (SSSR count). The Labute approximate surface area is 177 Å². The first-order valence-corrected chi connectivity index (χ1v) is 12.4. The zero-order chi connectivity index (χ0) is 21.4. The molecular weight excluding hydrogens is 410 g/mol. The number of carbonyl (C=O) groups excluding carboxylic acids is 1. The Hall–Kier alpha value is -1.56. The first-order chi connectivity index (χ1) is 14.3. The fourth-order valence-corrected chi connectivity index (χ4v) is 5.91. The zero-order valence-corrected chi connectivity index (χ0v) is 18.5. The summed E-state index contributed by atoms with van der Waals surface area (Å²) in [7, 11) is -3.30. The number of fused-ring (bicyclic) bond motifs is 1. The van der Waals surface area contributed by atoms with Crippen molar-refractivity contribution in [1.29, 1.82) is 0 Å². The highest BCUT2D eigenvalue weighted by Gasteiger charge is 2.58. The molecule has 0 spiro atoms. The number of aromatic nitrogens is 2. The van der Waals surface area contributed by atoms with Gasteiger partial charge in [0.15, 0.2) is 5.82 Å². The Balaban J connectivity index is 1.46. The molecule has 0 radical (unpaired) electrons. The standard InChI is InChI=1S/C19H31N5O5S/c1-3-30(26,27)22-16-10-15-12-24(17(25)4-5-23-6-8-28-9-7-23)13-19(15,11-16)18-20-14(2)21-29-18/h15-16,22H,3-13H2,1-2H3/t15-,16+,19-/m0/s1. The minimum absolute atomic E-state index is 0.0486. The van der Waals surface area contributed by atoms with Gasteiger partial charge in [-0.05, 0) is 32.6 Å². The van der Waals surface area contributed by atoms with Crippen LogP contribution >= 0.6 is 0 Å². The van der Waals surface area contributed by atoms with E-state index in [2.05, 4.69) is 19.8 Å². The lowest BCUT2D eigenvalue weighted by Crippen LogP contribution is -2.41. The maximum absolute atomic E-state index is 12.9. The van der Waals surface area contributed by atoms with E-state index in [0.29, 0.717) is 57.3 Å². The molecule has 0 aromatic carbocycles. The number of sulfonamides is 1. The molecule has 1 aromatic heterocycles. The molecule has 30 heavy (non-hydrogen) atoms. The summed E-state index contributed by atoms with van der Waals surface area (Å²) < 4.78 is 37.9. The molecule has 1 N–H and O–H groups in total. The molecule has 3 aliphatic rings. The summed E-state index contributed by atoms with van der Waals surface area (Å²) in [5.41, 5.74) is -0.489. The van der Waals surface area contributed by atoms with Crippen molar-refractivity contribution in [3.63, 3.8) is 0 Å². The molecule has 11 heteroatoms. The van der Waals surface area contributed by atoms with Crippen molar-refractivity contribution in [2.45, 2.75) is 44.6 Å². The number of likely N-dealkylation sites (tertiary alicyclic amines) is 1. The van der Waals surface area contributed by atoms with Crippen molar-refractivity contribution in [1.82, 2.24) is 24.7 Å². The minimum atomic E-state index is -3.30. The van der Waals surface area contributed by atoms with E-state index < -0.39 is 15.4 Å². The van der Waals surface area contributed by atoms with Crippen LogP contribution in [0.25, 0.3) is 0 Å². The van der Waals surface area contributed by atoms with Crippen molar-refractivity contribution in [2.75, 3.05) is 51.7 Å². The molecule has 1 aliphatic carbocycles. The highest BCUT2D eigenvalue weighted by Crippen LogP contribution is 2.50. The summed E-state index contributed by atoms with van der Waals surface area (Å²) in [6, 6.07) is -0.183. The molecule has 0 bridgehead atoms. The topological polar surface area (TPSA) is 118 Å². The lowest BCUT2D eigenvalue weighted by Gasteiger charge is -2.28. The van der Waals surface area contributed by atoms with E-state index in [4.69, 9.17) is 9.26 Å². The van der Waals surface area contributed by atoms with Crippen LogP contribution in [0.4, 0.5) is 0 Å². The number of amides is 1. The predicted octanol–water partition coefficient (Wildman–Crippen LogP) is -0.102. The van der Waals surface area contributed by atoms with Gasteiger partial charge in [-0.2, -0.15) is 4.98 Å². The minimum Gasteiger partial charge on any atom is -0.379 e. The summed E-state index contributed by atoms with van der Waals surface area (Å²) in [4.78, 5) is 21.6. The van der Waals surface area contributed by atoms with Gasteiger partial charge in [-0.25, -0.2) is 13.1 Å². The molecule has 1 saturated carbocycles. The number of ether oxygens (including phenoxy) is 1.